The van der Waals surface area contributed by atoms with Crippen molar-refractivity contribution in [2.75, 3.05) is 6.54 Å². The number of carbonyl (C=O) groups excluding carboxylic acids is 1. The van der Waals surface area contributed by atoms with Gasteiger partial charge in [-0.3, -0.25) is 9.48 Å². The highest BCUT2D eigenvalue weighted by Gasteiger charge is 2.36. The SMILES string of the molecule is O=C(O)C1c2ccsc2CCN1C(=O)CCn1cncn1. The van der Waals surface area contributed by atoms with Crippen LogP contribution in [-0.4, -0.2) is 43.2 Å². The first-order chi connectivity index (χ1) is 10.2. The van der Waals surface area contributed by atoms with E-state index >= 15 is 0 Å². The smallest absolute Gasteiger partial charge is 0.331 e. The van der Waals surface area contributed by atoms with Crippen molar-refractivity contribution >= 4 is 23.2 Å². The van der Waals surface area contributed by atoms with Crippen molar-refractivity contribution < 1.29 is 14.7 Å². The molecule has 2 aromatic heterocycles. The number of aryl methyl sites for hydroxylation is 1. The molecule has 0 saturated carbocycles. The average molecular weight is 306 g/mol. The van der Waals surface area contributed by atoms with Gasteiger partial charge in [0.1, 0.15) is 12.7 Å². The zero-order valence-electron chi connectivity index (χ0n) is 11.2. The van der Waals surface area contributed by atoms with Crippen molar-refractivity contribution in [2.24, 2.45) is 0 Å². The van der Waals surface area contributed by atoms with Gasteiger partial charge in [0.15, 0.2) is 6.04 Å². The Balaban J connectivity index is 1.74. The highest BCUT2D eigenvalue weighted by Crippen LogP contribution is 2.33. The molecule has 21 heavy (non-hydrogen) atoms. The van der Waals surface area contributed by atoms with Gasteiger partial charge in [-0.25, -0.2) is 9.78 Å². The molecule has 1 aliphatic rings. The standard InChI is InChI=1S/C13H14N4O3S/c18-11(2-4-16-8-14-7-15-16)17-5-1-10-9(3-6-21-10)12(17)13(19)20/h3,6-8,12H,1-2,4-5H2,(H,19,20). The van der Waals surface area contributed by atoms with Crippen molar-refractivity contribution in [2.45, 2.75) is 25.4 Å². The number of amides is 1. The molecule has 3 rings (SSSR count). The Morgan fingerprint density at radius 3 is 3.05 bits per heavy atom. The number of carboxylic acid groups (broad SMARTS) is 1. The van der Waals surface area contributed by atoms with Crippen LogP contribution >= 0.6 is 11.3 Å². The lowest BCUT2D eigenvalue weighted by molar-refractivity contribution is -0.151. The van der Waals surface area contributed by atoms with Crippen LogP contribution in [0.1, 0.15) is 22.9 Å². The fourth-order valence-corrected chi connectivity index (χ4v) is 3.46. The second kappa shape index (κ2) is 5.65. The van der Waals surface area contributed by atoms with Crippen LogP contribution < -0.4 is 0 Å². The number of thiophene rings is 1. The van der Waals surface area contributed by atoms with Crippen molar-refractivity contribution in [3.63, 3.8) is 0 Å². The van der Waals surface area contributed by atoms with Crippen molar-refractivity contribution in [3.8, 4) is 0 Å². The normalized spacial score (nSPS) is 17.5. The summed E-state index contributed by atoms with van der Waals surface area (Å²) in [6.07, 6.45) is 3.87. The Kier molecular flexibility index (Phi) is 3.70. The molecule has 0 bridgehead atoms. The summed E-state index contributed by atoms with van der Waals surface area (Å²) in [6.45, 7) is 0.846. The summed E-state index contributed by atoms with van der Waals surface area (Å²) >= 11 is 1.55. The molecule has 1 aliphatic heterocycles. The molecular formula is C13H14N4O3S. The highest BCUT2D eigenvalue weighted by molar-refractivity contribution is 7.10. The number of hydrogen-bond acceptors (Lipinski definition) is 5. The van der Waals surface area contributed by atoms with Crippen LogP contribution in [0.3, 0.4) is 0 Å². The molecule has 7 nitrogen and oxygen atoms in total. The molecule has 0 saturated heterocycles. The minimum atomic E-state index is -0.983. The quantitative estimate of drug-likeness (QED) is 0.908. The van der Waals surface area contributed by atoms with Crippen LogP contribution in [0.2, 0.25) is 0 Å². The molecule has 0 aromatic carbocycles. The summed E-state index contributed by atoms with van der Waals surface area (Å²) in [5, 5.41) is 15.3. The molecule has 8 heteroatoms. The molecule has 0 fully saturated rings. The Hall–Kier alpha value is -2.22. The van der Waals surface area contributed by atoms with Gasteiger partial charge >= 0.3 is 5.97 Å². The molecular weight excluding hydrogens is 292 g/mol. The molecule has 1 N–H and O–H groups in total. The lowest BCUT2D eigenvalue weighted by Crippen LogP contribution is -2.43. The van der Waals surface area contributed by atoms with E-state index in [2.05, 4.69) is 10.1 Å². The van der Waals surface area contributed by atoms with E-state index in [9.17, 15) is 14.7 Å². The van der Waals surface area contributed by atoms with Crippen molar-refractivity contribution in [1.29, 1.82) is 0 Å². The Morgan fingerprint density at radius 1 is 1.48 bits per heavy atom. The number of nitrogens with zero attached hydrogens (tertiary/aromatic N) is 4. The highest BCUT2D eigenvalue weighted by atomic mass is 32.1. The van der Waals surface area contributed by atoms with E-state index in [0.717, 1.165) is 10.4 Å². The molecule has 0 aliphatic carbocycles. The number of carbonyl (C=O) groups is 2. The lowest BCUT2D eigenvalue weighted by atomic mass is 9.99. The fourth-order valence-electron chi connectivity index (χ4n) is 2.55. The Labute approximate surface area is 124 Å². The first kappa shape index (κ1) is 13.7. The predicted molar refractivity (Wildman–Crippen MR) is 74.8 cm³/mol. The largest absolute Gasteiger partial charge is 0.479 e. The Bertz CT molecular complexity index is 652. The van der Waals surface area contributed by atoms with Crippen LogP contribution in [-0.2, 0) is 22.6 Å². The number of carboxylic acids is 1. The van der Waals surface area contributed by atoms with E-state index in [1.54, 1.807) is 22.1 Å². The molecule has 1 atom stereocenters. The summed E-state index contributed by atoms with van der Waals surface area (Å²) in [4.78, 5) is 30.2. The van der Waals surface area contributed by atoms with Crippen LogP contribution in [0.5, 0.6) is 0 Å². The van der Waals surface area contributed by atoms with Gasteiger partial charge in [0.2, 0.25) is 5.91 Å². The third-order valence-corrected chi connectivity index (χ3v) is 4.54. The maximum atomic E-state index is 12.3. The van der Waals surface area contributed by atoms with Gasteiger partial charge in [-0.05, 0) is 23.4 Å². The zero-order valence-corrected chi connectivity index (χ0v) is 12.0. The predicted octanol–water partition coefficient (Wildman–Crippen LogP) is 0.940. The van der Waals surface area contributed by atoms with Crippen LogP contribution in [0.4, 0.5) is 0 Å². The van der Waals surface area contributed by atoms with Gasteiger partial charge in [-0.1, -0.05) is 0 Å². The third kappa shape index (κ3) is 2.66. The molecule has 1 amide bonds. The van der Waals surface area contributed by atoms with E-state index in [4.69, 9.17) is 0 Å². The van der Waals surface area contributed by atoms with Crippen LogP contribution in [0.15, 0.2) is 24.1 Å². The van der Waals surface area contributed by atoms with Crippen LogP contribution in [0.25, 0.3) is 0 Å². The number of fused-ring (bicyclic) bond motifs is 1. The van der Waals surface area contributed by atoms with E-state index in [0.29, 0.717) is 19.5 Å². The minimum absolute atomic E-state index is 0.172. The average Bonchev–Trinajstić information content (AvgIpc) is 3.14. The summed E-state index contributed by atoms with van der Waals surface area (Å²) < 4.78 is 1.56. The summed E-state index contributed by atoms with van der Waals surface area (Å²) in [7, 11) is 0. The first-order valence-corrected chi connectivity index (χ1v) is 7.45. The molecule has 0 spiro atoms. The number of hydrogen-bond donors (Lipinski definition) is 1. The van der Waals surface area contributed by atoms with Crippen molar-refractivity contribution in [3.05, 3.63) is 34.5 Å². The van der Waals surface area contributed by atoms with Gasteiger partial charge < -0.3 is 10.0 Å². The summed E-state index contributed by atoms with van der Waals surface area (Å²) in [5.74, 6) is -1.15. The Morgan fingerprint density at radius 2 is 2.33 bits per heavy atom. The fraction of sp³-hybridized carbons (Fsp3) is 0.385. The second-order valence-corrected chi connectivity index (χ2v) is 5.79. The second-order valence-electron chi connectivity index (χ2n) is 4.79. The molecule has 110 valence electrons. The third-order valence-electron chi connectivity index (χ3n) is 3.54. The molecule has 0 radical (unpaired) electrons. The number of aromatic nitrogens is 3. The van der Waals surface area contributed by atoms with E-state index in [-0.39, 0.29) is 12.3 Å². The van der Waals surface area contributed by atoms with Gasteiger partial charge in [0, 0.05) is 17.8 Å². The minimum Gasteiger partial charge on any atom is -0.479 e. The monoisotopic (exact) mass is 306 g/mol. The van der Waals surface area contributed by atoms with E-state index in [1.165, 1.54) is 17.6 Å². The maximum absolute atomic E-state index is 12.3. The molecule has 1 unspecified atom stereocenters. The molecule has 3 heterocycles. The van der Waals surface area contributed by atoms with Gasteiger partial charge in [-0.2, -0.15) is 5.10 Å². The van der Waals surface area contributed by atoms with Gasteiger partial charge in [0.05, 0.1) is 6.54 Å². The van der Waals surface area contributed by atoms with E-state index in [1.807, 2.05) is 5.38 Å². The van der Waals surface area contributed by atoms with E-state index < -0.39 is 12.0 Å². The van der Waals surface area contributed by atoms with Crippen molar-refractivity contribution in [1.82, 2.24) is 19.7 Å². The van der Waals surface area contributed by atoms with Gasteiger partial charge in [0.25, 0.3) is 0 Å². The van der Waals surface area contributed by atoms with Crippen LogP contribution in [0, 0.1) is 0 Å². The number of aliphatic carboxylic acids is 1. The summed E-state index contributed by atoms with van der Waals surface area (Å²) in [5.41, 5.74) is 0.743. The lowest BCUT2D eigenvalue weighted by Gasteiger charge is -2.33. The zero-order chi connectivity index (χ0) is 14.8. The first-order valence-electron chi connectivity index (χ1n) is 6.58. The number of rotatable bonds is 4. The summed E-state index contributed by atoms with van der Waals surface area (Å²) in [6, 6.07) is 0.929. The van der Waals surface area contributed by atoms with Gasteiger partial charge in [-0.15, -0.1) is 11.3 Å². The topological polar surface area (TPSA) is 88.3 Å². The molecule has 2 aromatic rings. The maximum Gasteiger partial charge on any atom is 0.331 e.